The molecule has 0 aliphatic heterocycles. The monoisotopic (exact) mass is 308 g/mol. The summed E-state index contributed by atoms with van der Waals surface area (Å²) in [6.07, 6.45) is 0. The van der Waals surface area contributed by atoms with Gasteiger partial charge < -0.3 is 5.11 Å². The number of hydrogen-bond acceptors (Lipinski definition) is 5. The Kier molecular flexibility index (Phi) is 4.50. The summed E-state index contributed by atoms with van der Waals surface area (Å²) in [4.78, 5) is 10.3. The van der Waals surface area contributed by atoms with E-state index in [0.717, 1.165) is 0 Å². The Labute approximate surface area is 110 Å². The summed E-state index contributed by atoms with van der Waals surface area (Å²) in [5, 5.41) is 8.40. The minimum absolute atomic E-state index is 0.0313. The second-order valence-electron chi connectivity index (χ2n) is 3.49. The summed E-state index contributed by atoms with van der Waals surface area (Å²) >= 11 is 0. The molecule has 0 spiro atoms. The maximum absolute atomic E-state index is 11.4. The number of carbonyl (C=O) groups is 1. The van der Waals surface area contributed by atoms with Crippen molar-refractivity contribution in [1.82, 2.24) is 4.72 Å². The van der Waals surface area contributed by atoms with Gasteiger partial charge in [0, 0.05) is 5.69 Å². The Balaban J connectivity index is 2.93. The smallest absolute Gasteiger partial charge is 0.320 e. The first-order chi connectivity index (χ1) is 8.66. The quantitative estimate of drug-likeness (QED) is 0.644. The number of benzene rings is 1. The molecule has 0 bridgehead atoms. The van der Waals surface area contributed by atoms with Crippen LogP contribution in [0.4, 0.5) is 5.69 Å². The van der Waals surface area contributed by atoms with Crippen LogP contribution in [0.25, 0.3) is 0 Å². The van der Waals surface area contributed by atoms with E-state index in [2.05, 4.69) is 4.72 Å². The Morgan fingerprint density at radius 3 is 2.11 bits per heavy atom. The Morgan fingerprint density at radius 2 is 1.68 bits per heavy atom. The van der Waals surface area contributed by atoms with E-state index in [9.17, 15) is 21.6 Å². The molecule has 0 saturated heterocycles. The van der Waals surface area contributed by atoms with Crippen LogP contribution in [0.2, 0.25) is 0 Å². The first-order valence-electron chi connectivity index (χ1n) is 4.92. The minimum atomic E-state index is -4.00. The van der Waals surface area contributed by atoms with E-state index in [4.69, 9.17) is 5.11 Å². The fraction of sp³-hybridized carbons (Fsp3) is 0.222. The normalized spacial score (nSPS) is 12.1. The highest BCUT2D eigenvalue weighted by atomic mass is 32.2. The summed E-state index contributed by atoms with van der Waals surface area (Å²) < 4.78 is 49.6. The van der Waals surface area contributed by atoms with Crippen LogP contribution in [0.5, 0.6) is 0 Å². The van der Waals surface area contributed by atoms with E-state index in [1.54, 1.807) is 0 Å². The molecule has 0 unspecified atom stereocenters. The maximum atomic E-state index is 11.4. The molecular weight excluding hydrogens is 296 g/mol. The highest BCUT2D eigenvalue weighted by molar-refractivity contribution is 7.93. The van der Waals surface area contributed by atoms with Crippen molar-refractivity contribution in [1.29, 1.82) is 0 Å². The third-order valence-electron chi connectivity index (χ3n) is 2.02. The van der Waals surface area contributed by atoms with Crippen molar-refractivity contribution in [3.8, 4) is 0 Å². The molecule has 1 aromatic carbocycles. The summed E-state index contributed by atoms with van der Waals surface area (Å²) in [7, 11) is -6.35. The fourth-order valence-corrected chi connectivity index (χ4v) is 2.82. The predicted molar refractivity (Wildman–Crippen MR) is 67.7 cm³/mol. The molecule has 0 aliphatic carbocycles. The first-order valence-corrected chi connectivity index (χ1v) is 8.06. The van der Waals surface area contributed by atoms with Gasteiger partial charge in [-0.25, -0.2) is 21.6 Å². The Bertz CT molecular complexity index is 663. The van der Waals surface area contributed by atoms with Crippen LogP contribution in [0.3, 0.4) is 0 Å². The highest BCUT2D eigenvalue weighted by Crippen LogP contribution is 2.14. The zero-order valence-electron chi connectivity index (χ0n) is 9.82. The summed E-state index contributed by atoms with van der Waals surface area (Å²) in [5.74, 6) is -2.55. The molecule has 1 aromatic rings. The number of hydrogen-bond donors (Lipinski definition) is 3. The van der Waals surface area contributed by atoms with Gasteiger partial charge in [0.1, 0.15) is 0 Å². The van der Waals surface area contributed by atoms with E-state index in [-0.39, 0.29) is 10.6 Å². The number of anilines is 1. The van der Waals surface area contributed by atoms with Crippen LogP contribution in [0.1, 0.15) is 0 Å². The van der Waals surface area contributed by atoms with Gasteiger partial charge in [0.05, 0.1) is 4.90 Å². The SMILES string of the molecule is CNS(=O)(=O)c1ccc(NS(=O)(=O)CC(=O)O)cc1. The lowest BCUT2D eigenvalue weighted by atomic mass is 10.3. The summed E-state index contributed by atoms with van der Waals surface area (Å²) in [6, 6.07) is 4.85. The molecule has 8 nitrogen and oxygen atoms in total. The van der Waals surface area contributed by atoms with Crippen LogP contribution in [0.15, 0.2) is 29.2 Å². The molecule has 0 amide bonds. The highest BCUT2D eigenvalue weighted by Gasteiger charge is 2.16. The van der Waals surface area contributed by atoms with E-state index in [1.807, 2.05) is 4.72 Å². The molecule has 0 aromatic heterocycles. The van der Waals surface area contributed by atoms with Gasteiger partial charge in [0.2, 0.25) is 20.0 Å². The Morgan fingerprint density at radius 1 is 1.16 bits per heavy atom. The molecule has 10 heteroatoms. The minimum Gasteiger partial charge on any atom is -0.480 e. The van der Waals surface area contributed by atoms with Gasteiger partial charge in [0.25, 0.3) is 0 Å². The average Bonchev–Trinajstić information content (AvgIpc) is 2.27. The van der Waals surface area contributed by atoms with Crippen molar-refractivity contribution in [2.24, 2.45) is 0 Å². The maximum Gasteiger partial charge on any atom is 0.320 e. The van der Waals surface area contributed by atoms with Gasteiger partial charge in [-0.15, -0.1) is 0 Å². The molecule has 106 valence electrons. The number of carboxylic acids is 1. The number of carboxylic acid groups (broad SMARTS) is 1. The summed E-state index contributed by atoms with van der Waals surface area (Å²) in [5.41, 5.74) is 0.0799. The molecule has 0 radical (unpaired) electrons. The molecule has 1 rings (SSSR count). The van der Waals surface area contributed by atoms with E-state index >= 15 is 0 Å². The molecular formula is C9H12N2O6S2. The number of rotatable bonds is 6. The standard InChI is InChI=1S/C9H12N2O6S2/c1-10-19(16,17)8-4-2-7(3-5-8)11-18(14,15)6-9(12)13/h2-5,10-11H,6H2,1H3,(H,12,13). The lowest BCUT2D eigenvalue weighted by Gasteiger charge is -2.07. The zero-order valence-corrected chi connectivity index (χ0v) is 11.5. The van der Waals surface area contributed by atoms with Gasteiger partial charge >= 0.3 is 5.97 Å². The van der Waals surface area contributed by atoms with Crippen LogP contribution in [-0.4, -0.2) is 40.7 Å². The van der Waals surface area contributed by atoms with Crippen molar-refractivity contribution in [2.75, 3.05) is 17.5 Å². The largest absolute Gasteiger partial charge is 0.480 e. The fourth-order valence-electron chi connectivity index (χ4n) is 1.20. The second-order valence-corrected chi connectivity index (χ2v) is 7.10. The van der Waals surface area contributed by atoms with Crippen LogP contribution in [0, 0.1) is 0 Å². The van der Waals surface area contributed by atoms with E-state index in [0.29, 0.717) is 0 Å². The van der Waals surface area contributed by atoms with Crippen molar-refractivity contribution in [3.05, 3.63) is 24.3 Å². The Hall–Kier alpha value is -1.65. The van der Waals surface area contributed by atoms with E-state index < -0.39 is 31.8 Å². The number of nitrogens with one attached hydrogen (secondary N) is 2. The average molecular weight is 308 g/mol. The van der Waals surface area contributed by atoms with Gasteiger partial charge in [-0.05, 0) is 31.3 Å². The third kappa shape index (κ3) is 4.50. The third-order valence-corrected chi connectivity index (χ3v) is 4.62. The van der Waals surface area contributed by atoms with Crippen molar-refractivity contribution < 1.29 is 26.7 Å². The molecule has 19 heavy (non-hydrogen) atoms. The topological polar surface area (TPSA) is 130 Å². The van der Waals surface area contributed by atoms with Gasteiger partial charge in [-0.3, -0.25) is 9.52 Å². The molecule has 3 N–H and O–H groups in total. The predicted octanol–water partition coefficient (Wildman–Crippen LogP) is -0.579. The molecule has 0 saturated carbocycles. The van der Waals surface area contributed by atoms with Gasteiger partial charge in [-0.1, -0.05) is 0 Å². The summed E-state index contributed by atoms with van der Waals surface area (Å²) in [6.45, 7) is 0. The lowest BCUT2D eigenvalue weighted by Crippen LogP contribution is -2.22. The van der Waals surface area contributed by atoms with Crippen LogP contribution < -0.4 is 9.44 Å². The number of sulfonamides is 2. The van der Waals surface area contributed by atoms with Crippen molar-refractivity contribution in [2.45, 2.75) is 4.90 Å². The molecule has 0 aliphatic rings. The molecule has 0 heterocycles. The molecule has 0 atom stereocenters. The van der Waals surface area contributed by atoms with Crippen LogP contribution >= 0.6 is 0 Å². The van der Waals surface area contributed by atoms with Gasteiger partial charge in [0.15, 0.2) is 5.75 Å². The van der Waals surface area contributed by atoms with Crippen LogP contribution in [-0.2, 0) is 24.8 Å². The number of aliphatic carboxylic acids is 1. The lowest BCUT2D eigenvalue weighted by molar-refractivity contribution is -0.134. The van der Waals surface area contributed by atoms with E-state index in [1.165, 1.54) is 31.3 Å². The van der Waals surface area contributed by atoms with Crippen molar-refractivity contribution in [3.63, 3.8) is 0 Å². The second kappa shape index (κ2) is 5.55. The zero-order chi connectivity index (χ0) is 14.7. The first kappa shape index (κ1) is 15.4. The molecule has 0 fully saturated rings. The van der Waals surface area contributed by atoms with Crippen molar-refractivity contribution >= 4 is 31.7 Å². The van der Waals surface area contributed by atoms with Gasteiger partial charge in [-0.2, -0.15) is 0 Å².